The maximum atomic E-state index is 12.7. The molecule has 0 unspecified atom stereocenters. The quantitative estimate of drug-likeness (QED) is 0.379. The number of hydrogen-bond acceptors (Lipinski definition) is 3. The Bertz CT molecular complexity index is 1050. The number of hydrogen-bond donors (Lipinski definition) is 3. The van der Waals surface area contributed by atoms with Crippen molar-refractivity contribution in [2.75, 3.05) is 27.2 Å². The molecule has 0 aliphatic carbocycles. The van der Waals surface area contributed by atoms with Crippen molar-refractivity contribution < 1.29 is 4.90 Å². The highest BCUT2D eigenvalue weighted by atomic mass is 32.1. The molecule has 3 rings (SSSR count). The van der Waals surface area contributed by atoms with Crippen molar-refractivity contribution in [3.05, 3.63) is 75.8 Å². The SMILES string of the molecule is Cc1ccc2cc(CN(Cc3cccnc3)C(=S)NCCC[NH+](C)C)c(=O)[nH]c2c1. The summed E-state index contributed by atoms with van der Waals surface area (Å²) in [7, 11) is 4.28. The molecule has 0 saturated carbocycles. The van der Waals surface area contributed by atoms with Gasteiger partial charge in [-0.15, -0.1) is 0 Å². The number of H-pyrrole nitrogens is 1. The highest BCUT2D eigenvalue weighted by Crippen LogP contribution is 2.15. The van der Waals surface area contributed by atoms with Crippen LogP contribution in [0.4, 0.5) is 0 Å². The average Bonchev–Trinajstić information content (AvgIpc) is 2.71. The number of quaternary nitrogens is 1. The van der Waals surface area contributed by atoms with Crippen LogP contribution < -0.4 is 15.8 Å². The number of aromatic nitrogens is 2. The third-order valence-corrected chi connectivity index (χ3v) is 5.36. The molecule has 2 heterocycles. The Kier molecular flexibility index (Phi) is 7.54. The molecule has 0 saturated heterocycles. The molecule has 1 aromatic carbocycles. The Morgan fingerprint density at radius 3 is 2.80 bits per heavy atom. The molecule has 158 valence electrons. The number of pyridine rings is 2. The van der Waals surface area contributed by atoms with Gasteiger partial charge in [-0.25, -0.2) is 0 Å². The Morgan fingerprint density at radius 2 is 2.07 bits per heavy atom. The predicted molar refractivity (Wildman–Crippen MR) is 126 cm³/mol. The fourth-order valence-corrected chi connectivity index (χ4v) is 3.57. The van der Waals surface area contributed by atoms with Crippen LogP contribution in [0.3, 0.4) is 0 Å². The van der Waals surface area contributed by atoms with Crippen molar-refractivity contribution in [2.24, 2.45) is 0 Å². The number of fused-ring (bicyclic) bond motifs is 1. The smallest absolute Gasteiger partial charge is 0.253 e. The Morgan fingerprint density at radius 1 is 1.23 bits per heavy atom. The van der Waals surface area contributed by atoms with Crippen LogP contribution >= 0.6 is 12.2 Å². The monoisotopic (exact) mass is 424 g/mol. The van der Waals surface area contributed by atoms with Crippen molar-refractivity contribution in [1.82, 2.24) is 20.2 Å². The standard InChI is InChI=1S/C23H29N5OS/c1-17-7-8-19-13-20(22(29)26-21(19)12-17)16-28(15-18-6-4-9-24-14-18)23(30)25-10-5-11-27(2)3/h4,6-9,12-14H,5,10-11,15-16H2,1-3H3,(H,25,30)(H,26,29)/p+1. The first-order valence-electron chi connectivity index (χ1n) is 10.3. The van der Waals surface area contributed by atoms with Gasteiger partial charge >= 0.3 is 0 Å². The summed E-state index contributed by atoms with van der Waals surface area (Å²) >= 11 is 5.68. The second-order valence-electron chi connectivity index (χ2n) is 7.97. The van der Waals surface area contributed by atoms with Gasteiger partial charge in [0.1, 0.15) is 0 Å². The summed E-state index contributed by atoms with van der Waals surface area (Å²) in [6, 6.07) is 12.0. The van der Waals surface area contributed by atoms with E-state index in [-0.39, 0.29) is 5.56 Å². The molecular weight excluding hydrogens is 394 g/mol. The molecule has 0 radical (unpaired) electrons. The van der Waals surface area contributed by atoms with Crippen molar-refractivity contribution >= 4 is 28.2 Å². The number of nitrogens with zero attached hydrogens (tertiary/aromatic N) is 2. The minimum atomic E-state index is -0.0803. The second kappa shape index (κ2) is 10.3. The van der Waals surface area contributed by atoms with Crippen LogP contribution in [-0.4, -0.2) is 47.2 Å². The van der Waals surface area contributed by atoms with Gasteiger partial charge < -0.3 is 20.1 Å². The van der Waals surface area contributed by atoms with Crippen molar-refractivity contribution in [1.29, 1.82) is 0 Å². The first-order chi connectivity index (χ1) is 14.4. The van der Waals surface area contributed by atoms with Crippen molar-refractivity contribution in [3.8, 4) is 0 Å². The number of aromatic amines is 1. The van der Waals surface area contributed by atoms with E-state index in [0.29, 0.717) is 23.8 Å². The van der Waals surface area contributed by atoms with Crippen molar-refractivity contribution in [3.63, 3.8) is 0 Å². The molecule has 0 spiro atoms. The molecule has 0 bridgehead atoms. The van der Waals surface area contributed by atoms with Gasteiger partial charge in [0.25, 0.3) is 5.56 Å². The zero-order chi connectivity index (χ0) is 21.5. The van der Waals surface area contributed by atoms with Gasteiger partial charge in [-0.1, -0.05) is 18.2 Å². The van der Waals surface area contributed by atoms with Crippen LogP contribution in [0.2, 0.25) is 0 Å². The number of aryl methyl sites for hydroxylation is 1. The number of benzene rings is 1. The van der Waals surface area contributed by atoms with E-state index in [0.717, 1.165) is 41.5 Å². The Hall–Kier alpha value is -2.77. The second-order valence-corrected chi connectivity index (χ2v) is 8.36. The lowest BCUT2D eigenvalue weighted by Crippen LogP contribution is -3.05. The third kappa shape index (κ3) is 6.11. The Labute approximate surface area is 182 Å². The summed E-state index contributed by atoms with van der Waals surface area (Å²) in [5.74, 6) is 0. The molecule has 0 amide bonds. The van der Waals surface area contributed by atoms with Gasteiger partial charge in [-0.05, 0) is 53.9 Å². The molecule has 3 N–H and O–H groups in total. The maximum Gasteiger partial charge on any atom is 0.253 e. The van der Waals surface area contributed by atoms with E-state index in [1.807, 2.05) is 48.4 Å². The van der Waals surface area contributed by atoms with Gasteiger partial charge in [0.15, 0.2) is 5.11 Å². The van der Waals surface area contributed by atoms with Crippen LogP contribution in [-0.2, 0) is 13.1 Å². The maximum absolute atomic E-state index is 12.7. The molecule has 0 aliphatic rings. The minimum Gasteiger partial charge on any atom is -0.362 e. The summed E-state index contributed by atoms with van der Waals surface area (Å²) < 4.78 is 0. The molecule has 3 aromatic rings. The minimum absolute atomic E-state index is 0.0803. The molecular formula is C23H30N5OS+. The third-order valence-electron chi connectivity index (χ3n) is 4.95. The first kappa shape index (κ1) is 21.9. The van der Waals surface area contributed by atoms with Gasteiger partial charge in [-0.3, -0.25) is 9.78 Å². The molecule has 7 heteroatoms. The topological polar surface area (TPSA) is 65.5 Å². The number of nitrogens with one attached hydrogen (secondary N) is 3. The van der Waals surface area contributed by atoms with Crippen molar-refractivity contribution in [2.45, 2.75) is 26.4 Å². The summed E-state index contributed by atoms with van der Waals surface area (Å²) in [5, 5.41) is 5.02. The van der Waals surface area contributed by atoms with Crippen LogP contribution in [0.1, 0.15) is 23.1 Å². The lowest BCUT2D eigenvalue weighted by molar-refractivity contribution is -0.858. The molecule has 0 fully saturated rings. The fourth-order valence-electron chi connectivity index (χ4n) is 3.34. The fraction of sp³-hybridized carbons (Fsp3) is 0.348. The normalized spacial score (nSPS) is 11.1. The summed E-state index contributed by atoms with van der Waals surface area (Å²) in [6.45, 7) is 4.91. The van der Waals surface area contributed by atoms with Gasteiger partial charge in [0.05, 0.1) is 27.2 Å². The predicted octanol–water partition coefficient (Wildman–Crippen LogP) is 1.64. The molecule has 0 atom stereocenters. The number of rotatable bonds is 8. The molecule has 0 aliphatic heterocycles. The van der Waals surface area contributed by atoms with E-state index in [4.69, 9.17) is 12.2 Å². The molecule has 2 aromatic heterocycles. The van der Waals surface area contributed by atoms with Crippen LogP contribution in [0.15, 0.2) is 53.6 Å². The lowest BCUT2D eigenvalue weighted by Gasteiger charge is -2.26. The summed E-state index contributed by atoms with van der Waals surface area (Å²) in [6.07, 6.45) is 4.61. The van der Waals surface area contributed by atoms with E-state index in [2.05, 4.69) is 35.4 Å². The number of thiocarbonyl (C=S) groups is 1. The van der Waals surface area contributed by atoms with Crippen LogP contribution in [0.25, 0.3) is 10.9 Å². The zero-order valence-corrected chi connectivity index (χ0v) is 18.7. The molecule has 30 heavy (non-hydrogen) atoms. The van der Waals surface area contributed by atoms with Crippen LogP contribution in [0.5, 0.6) is 0 Å². The first-order valence-corrected chi connectivity index (χ1v) is 10.7. The largest absolute Gasteiger partial charge is 0.362 e. The zero-order valence-electron chi connectivity index (χ0n) is 17.9. The Balaban J connectivity index is 1.80. The average molecular weight is 425 g/mol. The van der Waals surface area contributed by atoms with Gasteiger partial charge in [0, 0.05) is 43.0 Å². The lowest BCUT2D eigenvalue weighted by atomic mass is 10.1. The van der Waals surface area contributed by atoms with E-state index >= 15 is 0 Å². The van der Waals surface area contributed by atoms with Gasteiger partial charge in [-0.2, -0.15) is 0 Å². The van der Waals surface area contributed by atoms with E-state index < -0.39 is 0 Å². The van der Waals surface area contributed by atoms with E-state index in [9.17, 15) is 4.79 Å². The highest BCUT2D eigenvalue weighted by Gasteiger charge is 2.14. The van der Waals surface area contributed by atoms with E-state index in [1.165, 1.54) is 4.90 Å². The van der Waals surface area contributed by atoms with E-state index in [1.54, 1.807) is 6.20 Å². The summed E-state index contributed by atoms with van der Waals surface area (Å²) in [5.41, 5.74) is 3.64. The summed E-state index contributed by atoms with van der Waals surface area (Å²) in [4.78, 5) is 23.4. The molecule has 6 nitrogen and oxygen atoms in total. The van der Waals surface area contributed by atoms with Gasteiger partial charge in [0.2, 0.25) is 0 Å². The van der Waals surface area contributed by atoms with Crippen LogP contribution in [0, 0.1) is 6.92 Å². The highest BCUT2D eigenvalue weighted by molar-refractivity contribution is 7.80.